The maximum Gasteiger partial charge on any atom is 0.316 e. The number of rotatable bonds is 3. The lowest BCUT2D eigenvalue weighted by Crippen LogP contribution is -2.41. The second kappa shape index (κ2) is 6.65. The van der Waals surface area contributed by atoms with Gasteiger partial charge in [-0.1, -0.05) is 24.3 Å². The van der Waals surface area contributed by atoms with E-state index in [-0.39, 0.29) is 5.69 Å². The predicted octanol–water partition coefficient (Wildman–Crippen LogP) is 3.38. The zero-order valence-electron chi connectivity index (χ0n) is 15.4. The summed E-state index contributed by atoms with van der Waals surface area (Å²) in [5, 5.41) is 23.9. The van der Waals surface area contributed by atoms with Crippen LogP contribution in [0.4, 0.5) is 11.4 Å². The van der Waals surface area contributed by atoms with Crippen LogP contribution in [0, 0.1) is 24.0 Å². The monoisotopic (exact) mass is 384 g/mol. The van der Waals surface area contributed by atoms with Crippen LogP contribution in [0.2, 0.25) is 0 Å². The van der Waals surface area contributed by atoms with Gasteiger partial charge in [0.25, 0.3) is 11.4 Å². The summed E-state index contributed by atoms with van der Waals surface area (Å²) in [4.78, 5) is 13.0. The molecular formula is C20H22N3O3S+. The van der Waals surface area contributed by atoms with Gasteiger partial charge in [-0.15, -0.1) is 0 Å². The number of nitrogens with zero attached hydrogens (tertiary/aromatic N) is 3. The van der Waals surface area contributed by atoms with Crippen LogP contribution in [-0.4, -0.2) is 38.6 Å². The summed E-state index contributed by atoms with van der Waals surface area (Å²) < 4.78 is 2.00. The van der Waals surface area contributed by atoms with Gasteiger partial charge < -0.3 is 5.11 Å². The molecule has 2 aromatic carbocycles. The second-order valence-corrected chi connectivity index (χ2v) is 8.20. The van der Waals surface area contributed by atoms with E-state index >= 15 is 0 Å². The second-order valence-electron chi connectivity index (χ2n) is 7.14. The Labute approximate surface area is 162 Å². The van der Waals surface area contributed by atoms with Crippen LogP contribution in [-0.2, 0) is 5.72 Å². The minimum atomic E-state index is -1.29. The minimum Gasteiger partial charge on any atom is -0.346 e. The van der Waals surface area contributed by atoms with Crippen molar-refractivity contribution in [2.75, 3.05) is 23.7 Å². The molecule has 140 valence electrons. The molecule has 0 fully saturated rings. The first-order valence-electron chi connectivity index (χ1n) is 8.99. The van der Waals surface area contributed by atoms with Crippen LogP contribution in [0.5, 0.6) is 0 Å². The topological polar surface area (TPSA) is 69.6 Å². The number of anilines is 1. The van der Waals surface area contributed by atoms with Crippen LogP contribution in [0.15, 0.2) is 42.5 Å². The van der Waals surface area contributed by atoms with Crippen molar-refractivity contribution in [1.29, 1.82) is 0 Å². The van der Waals surface area contributed by atoms with Gasteiger partial charge in [0.1, 0.15) is 5.69 Å². The molecule has 27 heavy (non-hydrogen) atoms. The fourth-order valence-corrected chi connectivity index (χ4v) is 4.99. The third-order valence-corrected chi connectivity index (χ3v) is 6.41. The van der Waals surface area contributed by atoms with Gasteiger partial charge >= 0.3 is 5.17 Å². The maximum atomic E-state index is 11.7. The Bertz CT molecular complexity index is 959. The molecule has 1 atom stereocenters. The van der Waals surface area contributed by atoms with Gasteiger partial charge in [0.05, 0.1) is 11.5 Å². The van der Waals surface area contributed by atoms with Crippen molar-refractivity contribution >= 4 is 28.3 Å². The predicted molar refractivity (Wildman–Crippen MR) is 107 cm³/mol. The van der Waals surface area contributed by atoms with Gasteiger partial charge in [-0.05, 0) is 49.2 Å². The molecule has 0 saturated carbocycles. The Hall–Kier alpha value is -2.38. The fraction of sp³-hybridized carbons (Fsp3) is 0.350. The standard InChI is InChI=1S/C20H22N3O3S/c1-14-7-8-15(2)18(11-14)21-13-20(24,22-9-4-10-27-19(21)22)16-5-3-6-17(12-16)23(25)26/h3,5-8,11-12,24H,4,9-10,13H2,1-2H3/q+1. The van der Waals surface area contributed by atoms with Crippen LogP contribution in [0.3, 0.4) is 0 Å². The van der Waals surface area contributed by atoms with Gasteiger partial charge in [-0.2, -0.15) is 0 Å². The molecule has 0 bridgehead atoms. The summed E-state index contributed by atoms with van der Waals surface area (Å²) in [6, 6.07) is 12.7. The molecule has 2 heterocycles. The average Bonchev–Trinajstić information content (AvgIpc) is 2.98. The van der Waals surface area contributed by atoms with Crippen molar-refractivity contribution in [1.82, 2.24) is 0 Å². The average molecular weight is 384 g/mol. The molecular weight excluding hydrogens is 362 g/mol. The van der Waals surface area contributed by atoms with E-state index in [9.17, 15) is 15.2 Å². The van der Waals surface area contributed by atoms with Crippen LogP contribution >= 0.6 is 11.8 Å². The fourth-order valence-electron chi connectivity index (χ4n) is 3.81. The molecule has 0 saturated heterocycles. The van der Waals surface area contributed by atoms with Gasteiger partial charge in [0, 0.05) is 23.4 Å². The molecule has 0 spiro atoms. The zero-order chi connectivity index (χ0) is 19.2. The highest BCUT2D eigenvalue weighted by Gasteiger charge is 2.53. The number of hydrogen-bond donors (Lipinski definition) is 1. The summed E-state index contributed by atoms with van der Waals surface area (Å²) in [7, 11) is 0. The summed E-state index contributed by atoms with van der Waals surface area (Å²) in [5.41, 5.74) is 2.65. The van der Waals surface area contributed by atoms with Crippen molar-refractivity contribution in [3.05, 3.63) is 69.3 Å². The van der Waals surface area contributed by atoms with Gasteiger partial charge in [0.15, 0.2) is 6.54 Å². The number of non-ortho nitro benzene ring substituents is 1. The third-order valence-electron chi connectivity index (χ3n) is 5.22. The van der Waals surface area contributed by atoms with E-state index in [1.807, 2.05) is 4.58 Å². The number of amidine groups is 1. The molecule has 7 heteroatoms. The lowest BCUT2D eigenvalue weighted by Gasteiger charge is -2.24. The Balaban J connectivity index is 1.84. The highest BCUT2D eigenvalue weighted by atomic mass is 32.2. The third kappa shape index (κ3) is 3.00. The lowest BCUT2D eigenvalue weighted by atomic mass is 10.0. The van der Waals surface area contributed by atoms with E-state index in [4.69, 9.17) is 0 Å². The number of nitro benzene ring substituents is 1. The number of β-amino-alcohol motifs (C(OH)–C–C–N with tert-alkyl or cyclic N) is 1. The minimum absolute atomic E-state index is 0.00248. The van der Waals surface area contributed by atoms with E-state index < -0.39 is 10.6 Å². The first kappa shape index (κ1) is 18.0. The Kier molecular flexibility index (Phi) is 4.44. The first-order chi connectivity index (χ1) is 12.9. The van der Waals surface area contributed by atoms with Crippen molar-refractivity contribution < 1.29 is 14.6 Å². The van der Waals surface area contributed by atoms with Gasteiger partial charge in [-0.25, -0.2) is 9.48 Å². The number of aliphatic hydroxyl groups is 1. The molecule has 4 rings (SSSR count). The highest BCUT2D eigenvalue weighted by Crippen LogP contribution is 2.39. The van der Waals surface area contributed by atoms with E-state index in [0.29, 0.717) is 12.1 Å². The van der Waals surface area contributed by atoms with Crippen molar-refractivity contribution in [2.45, 2.75) is 26.0 Å². The quantitative estimate of drug-likeness (QED) is 0.499. The van der Waals surface area contributed by atoms with E-state index in [2.05, 4.69) is 36.9 Å². The highest BCUT2D eigenvalue weighted by molar-refractivity contribution is 8.13. The zero-order valence-corrected chi connectivity index (χ0v) is 16.2. The number of hydrogen-bond acceptors (Lipinski definition) is 5. The number of nitro groups is 1. The molecule has 2 aliphatic rings. The van der Waals surface area contributed by atoms with Crippen molar-refractivity contribution in [3.8, 4) is 0 Å². The van der Waals surface area contributed by atoms with E-state index in [1.165, 1.54) is 12.1 Å². The first-order valence-corrected chi connectivity index (χ1v) is 9.98. The normalized spacial score (nSPS) is 22.1. The smallest absolute Gasteiger partial charge is 0.316 e. The summed E-state index contributed by atoms with van der Waals surface area (Å²) in [6.45, 7) is 5.20. The molecule has 2 aromatic rings. The molecule has 1 N–H and O–H groups in total. The molecule has 0 radical (unpaired) electrons. The van der Waals surface area contributed by atoms with Crippen molar-refractivity contribution in [2.24, 2.45) is 0 Å². The van der Waals surface area contributed by atoms with E-state index in [1.54, 1.807) is 23.9 Å². The van der Waals surface area contributed by atoms with Crippen LogP contribution in [0.1, 0.15) is 23.1 Å². The molecule has 0 amide bonds. The summed E-state index contributed by atoms with van der Waals surface area (Å²) in [5.74, 6) is 0.998. The van der Waals surface area contributed by atoms with Crippen LogP contribution in [0.25, 0.3) is 0 Å². The van der Waals surface area contributed by atoms with Gasteiger partial charge in [-0.3, -0.25) is 10.1 Å². The Morgan fingerprint density at radius 3 is 2.85 bits per heavy atom. The van der Waals surface area contributed by atoms with Crippen molar-refractivity contribution in [3.63, 3.8) is 0 Å². The molecule has 2 aliphatic heterocycles. The molecule has 1 unspecified atom stereocenters. The van der Waals surface area contributed by atoms with Crippen LogP contribution < -0.4 is 4.90 Å². The number of thioether (sulfide) groups is 1. The Morgan fingerprint density at radius 2 is 2.07 bits per heavy atom. The maximum absolute atomic E-state index is 11.7. The molecule has 0 aromatic heterocycles. The number of aryl methyl sites for hydroxylation is 2. The number of benzene rings is 2. The molecule has 0 aliphatic carbocycles. The lowest BCUT2D eigenvalue weighted by molar-refractivity contribution is -0.656. The summed E-state index contributed by atoms with van der Waals surface area (Å²) in [6.07, 6.45) is 0.964. The summed E-state index contributed by atoms with van der Waals surface area (Å²) >= 11 is 1.73. The molecule has 6 nitrogen and oxygen atoms in total. The van der Waals surface area contributed by atoms with E-state index in [0.717, 1.165) is 40.7 Å². The largest absolute Gasteiger partial charge is 0.346 e. The van der Waals surface area contributed by atoms with Gasteiger partial charge in [0.2, 0.25) is 0 Å². The Morgan fingerprint density at radius 1 is 1.26 bits per heavy atom. The SMILES string of the molecule is Cc1ccc(C)c(N2CC(O)(c3cccc([N+](=O)[O-])c3)[N+]3=C2SCCC3)c1.